The van der Waals surface area contributed by atoms with Crippen LogP contribution in [0, 0.1) is 0 Å². The van der Waals surface area contributed by atoms with E-state index in [1.165, 1.54) is 11.1 Å². The molecule has 3 rings (SSSR count). The van der Waals surface area contributed by atoms with Gasteiger partial charge in [0, 0.05) is 30.3 Å². The first-order valence-electron chi connectivity index (χ1n) is 11.5. The first-order chi connectivity index (χ1) is 15.0. The van der Waals surface area contributed by atoms with Crippen molar-refractivity contribution in [2.45, 2.75) is 71.9 Å². The van der Waals surface area contributed by atoms with Gasteiger partial charge in [-0.15, -0.1) is 0 Å². The van der Waals surface area contributed by atoms with Gasteiger partial charge < -0.3 is 5.11 Å². The molecular formula is C28H38N3O+. The molecule has 32 heavy (non-hydrogen) atoms. The molecule has 0 aliphatic carbocycles. The van der Waals surface area contributed by atoms with E-state index >= 15 is 0 Å². The Hall–Kier alpha value is -2.88. The van der Waals surface area contributed by atoms with Gasteiger partial charge in [0.1, 0.15) is 24.7 Å². The van der Waals surface area contributed by atoms with Gasteiger partial charge >= 0.3 is 0 Å². The van der Waals surface area contributed by atoms with Crippen LogP contribution in [0.1, 0.15) is 70.2 Å². The maximum atomic E-state index is 10.9. The number of phenolic OH excluding ortho intramolecular Hbond substituents is 1. The lowest BCUT2D eigenvalue weighted by Gasteiger charge is -2.27. The molecule has 0 aliphatic rings. The van der Waals surface area contributed by atoms with E-state index in [1.54, 1.807) is 0 Å². The lowest BCUT2D eigenvalue weighted by molar-refractivity contribution is -0.687. The Morgan fingerprint density at radius 3 is 2.38 bits per heavy atom. The Balaban J connectivity index is 1.62. The first-order valence-corrected chi connectivity index (χ1v) is 11.5. The van der Waals surface area contributed by atoms with E-state index in [9.17, 15) is 5.11 Å². The van der Waals surface area contributed by atoms with Gasteiger partial charge in [-0.1, -0.05) is 77.9 Å². The average Bonchev–Trinajstić information content (AvgIpc) is 3.15. The van der Waals surface area contributed by atoms with Crippen LogP contribution >= 0.6 is 0 Å². The summed E-state index contributed by atoms with van der Waals surface area (Å²) in [5, 5.41) is 10.9. The SMILES string of the molecule is CC(C)(C)c1cc(C=NCCCn2cc[n+](Cc3ccccc3)c2)c(O)c(C(C)(C)C)c1. The van der Waals surface area contributed by atoms with Crippen LogP contribution in [0.15, 0.2) is 66.2 Å². The van der Waals surface area contributed by atoms with Crippen molar-refractivity contribution in [3.05, 3.63) is 83.4 Å². The fourth-order valence-corrected chi connectivity index (χ4v) is 3.73. The summed E-state index contributed by atoms with van der Waals surface area (Å²) in [6.45, 7) is 15.5. The zero-order valence-electron chi connectivity index (χ0n) is 20.5. The van der Waals surface area contributed by atoms with Crippen LogP contribution in [0.2, 0.25) is 0 Å². The summed E-state index contributed by atoms with van der Waals surface area (Å²) in [7, 11) is 0. The fourth-order valence-electron chi connectivity index (χ4n) is 3.73. The predicted octanol–water partition coefficient (Wildman–Crippen LogP) is 5.63. The van der Waals surface area contributed by atoms with Gasteiger partial charge in [0.25, 0.3) is 0 Å². The molecule has 1 aromatic heterocycles. The molecule has 170 valence electrons. The van der Waals surface area contributed by atoms with Crippen molar-refractivity contribution in [1.82, 2.24) is 4.57 Å². The summed E-state index contributed by atoms with van der Waals surface area (Å²) in [5.41, 5.74) is 4.19. The van der Waals surface area contributed by atoms with Gasteiger partial charge in [-0.3, -0.25) is 4.99 Å². The molecule has 0 fully saturated rings. The van der Waals surface area contributed by atoms with Crippen LogP contribution in [-0.4, -0.2) is 22.4 Å². The first kappa shape index (κ1) is 23.8. The van der Waals surface area contributed by atoms with Crippen LogP contribution in [-0.2, 0) is 23.9 Å². The number of benzene rings is 2. The normalized spacial score (nSPS) is 12.6. The smallest absolute Gasteiger partial charge is 0.244 e. The quantitative estimate of drug-likeness (QED) is 0.293. The second-order valence-corrected chi connectivity index (χ2v) is 10.7. The van der Waals surface area contributed by atoms with Crippen molar-refractivity contribution < 1.29 is 9.67 Å². The Morgan fingerprint density at radius 2 is 1.72 bits per heavy atom. The van der Waals surface area contributed by atoms with E-state index in [1.807, 2.05) is 12.3 Å². The minimum atomic E-state index is -0.128. The largest absolute Gasteiger partial charge is 0.507 e. The zero-order valence-corrected chi connectivity index (χ0v) is 20.5. The van der Waals surface area contributed by atoms with Crippen LogP contribution < -0.4 is 4.57 Å². The highest BCUT2D eigenvalue weighted by Crippen LogP contribution is 2.37. The predicted molar refractivity (Wildman–Crippen MR) is 133 cm³/mol. The maximum Gasteiger partial charge on any atom is 0.244 e. The molecule has 0 spiro atoms. The van der Waals surface area contributed by atoms with Crippen molar-refractivity contribution in [3.8, 4) is 5.75 Å². The minimum Gasteiger partial charge on any atom is -0.507 e. The van der Waals surface area contributed by atoms with Crippen LogP contribution in [0.25, 0.3) is 0 Å². The van der Waals surface area contributed by atoms with Crippen LogP contribution in [0.4, 0.5) is 0 Å². The molecule has 0 bridgehead atoms. The third kappa shape index (κ3) is 6.32. The zero-order chi connectivity index (χ0) is 23.4. The molecule has 0 aliphatic heterocycles. The Morgan fingerprint density at radius 1 is 1.00 bits per heavy atom. The topological polar surface area (TPSA) is 41.4 Å². The molecule has 4 nitrogen and oxygen atoms in total. The molecule has 0 amide bonds. The van der Waals surface area contributed by atoms with E-state index in [2.05, 4.69) is 111 Å². The number of aromatic nitrogens is 2. The molecule has 0 atom stereocenters. The third-order valence-electron chi connectivity index (χ3n) is 5.70. The van der Waals surface area contributed by atoms with Crippen molar-refractivity contribution in [1.29, 1.82) is 0 Å². The summed E-state index contributed by atoms with van der Waals surface area (Å²) in [5.74, 6) is 0.349. The lowest BCUT2D eigenvalue weighted by Crippen LogP contribution is -2.31. The number of aromatic hydroxyl groups is 1. The average molecular weight is 433 g/mol. The molecule has 1 N–H and O–H groups in total. The molecule has 3 aromatic rings. The number of aliphatic imine (C=N–C) groups is 1. The van der Waals surface area contributed by atoms with E-state index in [0.717, 1.165) is 37.2 Å². The number of phenols is 1. The Bertz CT molecular complexity index is 1050. The molecular weight excluding hydrogens is 394 g/mol. The maximum absolute atomic E-state index is 10.9. The number of rotatable bonds is 7. The summed E-state index contributed by atoms with van der Waals surface area (Å²) >= 11 is 0. The van der Waals surface area contributed by atoms with Crippen LogP contribution in [0.3, 0.4) is 0 Å². The number of imidazole rings is 1. The number of nitrogens with zero attached hydrogens (tertiary/aromatic N) is 3. The van der Waals surface area contributed by atoms with E-state index in [0.29, 0.717) is 5.75 Å². The van der Waals surface area contributed by atoms with Gasteiger partial charge in [0.15, 0.2) is 0 Å². The van der Waals surface area contributed by atoms with E-state index < -0.39 is 0 Å². The fraction of sp³-hybridized carbons (Fsp3) is 0.429. The van der Waals surface area contributed by atoms with Gasteiger partial charge in [-0.25, -0.2) is 9.13 Å². The molecule has 2 aromatic carbocycles. The Kier molecular flexibility index (Phi) is 7.22. The van der Waals surface area contributed by atoms with Crippen LogP contribution in [0.5, 0.6) is 5.75 Å². The van der Waals surface area contributed by atoms with Crippen molar-refractivity contribution in [2.75, 3.05) is 6.54 Å². The monoisotopic (exact) mass is 432 g/mol. The van der Waals surface area contributed by atoms with Crippen molar-refractivity contribution in [3.63, 3.8) is 0 Å². The van der Waals surface area contributed by atoms with Gasteiger partial charge in [-0.2, -0.15) is 0 Å². The Labute approximate surface area is 193 Å². The van der Waals surface area contributed by atoms with E-state index in [-0.39, 0.29) is 10.8 Å². The number of hydrogen-bond donors (Lipinski definition) is 1. The second kappa shape index (κ2) is 9.72. The van der Waals surface area contributed by atoms with Crippen molar-refractivity contribution in [2.24, 2.45) is 4.99 Å². The highest BCUT2D eigenvalue weighted by Gasteiger charge is 2.24. The summed E-state index contributed by atoms with van der Waals surface area (Å²) < 4.78 is 4.40. The lowest BCUT2D eigenvalue weighted by atomic mass is 9.79. The van der Waals surface area contributed by atoms with E-state index in [4.69, 9.17) is 0 Å². The van der Waals surface area contributed by atoms with Gasteiger partial charge in [0.2, 0.25) is 6.33 Å². The minimum absolute atomic E-state index is 0.0137. The summed E-state index contributed by atoms with van der Waals surface area (Å²) in [6.07, 6.45) is 9.15. The molecule has 0 saturated heterocycles. The molecule has 0 saturated carbocycles. The van der Waals surface area contributed by atoms with Gasteiger partial charge in [0.05, 0.1) is 6.54 Å². The molecule has 0 unspecified atom stereocenters. The van der Waals surface area contributed by atoms with Crippen molar-refractivity contribution >= 4 is 6.21 Å². The third-order valence-corrected chi connectivity index (χ3v) is 5.70. The molecule has 0 radical (unpaired) electrons. The number of aryl methyl sites for hydroxylation is 1. The summed E-state index contributed by atoms with van der Waals surface area (Å²) in [4.78, 5) is 4.63. The highest BCUT2D eigenvalue weighted by molar-refractivity contribution is 5.85. The molecule has 4 heteroatoms. The standard InChI is InChI=1S/C28H37N3O/c1-27(2,3)24-17-23(26(32)25(18-24)28(4,5)6)19-29-13-10-14-30-15-16-31(21-30)20-22-11-8-7-9-12-22/h7-9,11-12,15-19,21H,10,13-14,20H2,1-6H3/p+1. The molecule has 1 heterocycles. The summed E-state index contributed by atoms with van der Waals surface area (Å²) in [6, 6.07) is 14.7. The highest BCUT2D eigenvalue weighted by atomic mass is 16.3. The van der Waals surface area contributed by atoms with Gasteiger partial charge in [-0.05, 0) is 28.0 Å². The number of hydrogen-bond acceptors (Lipinski definition) is 2. The second-order valence-electron chi connectivity index (χ2n) is 10.7.